The van der Waals surface area contributed by atoms with Crippen LogP contribution in [0.4, 0.5) is 9.18 Å². The largest absolute Gasteiger partial charge is 0.494 e. The number of ether oxygens (including phenoxy) is 1. The zero-order valence-corrected chi connectivity index (χ0v) is 11.4. The van der Waals surface area contributed by atoms with E-state index in [4.69, 9.17) is 9.84 Å². The summed E-state index contributed by atoms with van der Waals surface area (Å²) in [4.78, 5) is 12.5. The van der Waals surface area contributed by atoms with E-state index in [0.717, 1.165) is 12.8 Å². The van der Waals surface area contributed by atoms with Gasteiger partial charge in [-0.25, -0.2) is 9.18 Å². The maximum atomic E-state index is 14.1. The fraction of sp³-hybridized carbons (Fsp3) is 0.400. The number of likely N-dealkylation sites (tertiary alicyclic amines) is 1. The van der Waals surface area contributed by atoms with E-state index < -0.39 is 11.9 Å². The van der Waals surface area contributed by atoms with E-state index >= 15 is 0 Å². The van der Waals surface area contributed by atoms with Crippen LogP contribution < -0.4 is 0 Å². The highest BCUT2D eigenvalue weighted by molar-refractivity contribution is 5.66. The van der Waals surface area contributed by atoms with E-state index in [0.29, 0.717) is 24.3 Å². The summed E-state index contributed by atoms with van der Waals surface area (Å²) in [6.07, 6.45) is 0.555. The summed E-state index contributed by atoms with van der Waals surface area (Å²) in [5.74, 6) is -0.142. The van der Waals surface area contributed by atoms with Crippen molar-refractivity contribution in [2.24, 2.45) is 0 Å². The Kier molecular flexibility index (Phi) is 4.27. The van der Waals surface area contributed by atoms with Crippen LogP contribution in [-0.2, 0) is 4.74 Å². The lowest BCUT2D eigenvalue weighted by Crippen LogP contribution is -2.28. The quantitative estimate of drug-likeness (QED) is 0.856. The number of amides is 1. The van der Waals surface area contributed by atoms with Crippen molar-refractivity contribution < 1.29 is 19.0 Å². The lowest BCUT2D eigenvalue weighted by molar-refractivity contribution is 0.140. The van der Waals surface area contributed by atoms with Gasteiger partial charge in [0.2, 0.25) is 0 Å². The van der Waals surface area contributed by atoms with Gasteiger partial charge in [-0.15, -0.1) is 0 Å². The monoisotopic (exact) mass is 279 g/mol. The molecule has 0 aliphatic carbocycles. The average Bonchev–Trinajstić information content (AvgIpc) is 2.88. The number of nitrogens with zero attached hydrogens (tertiary/aromatic N) is 1. The van der Waals surface area contributed by atoms with E-state index in [1.165, 1.54) is 11.0 Å². The van der Waals surface area contributed by atoms with Crippen molar-refractivity contribution in [3.05, 3.63) is 41.7 Å². The molecule has 1 fully saturated rings. The second kappa shape index (κ2) is 5.94. The van der Waals surface area contributed by atoms with Gasteiger partial charge in [0, 0.05) is 6.54 Å². The first kappa shape index (κ1) is 14.4. The van der Waals surface area contributed by atoms with Crippen molar-refractivity contribution >= 4 is 11.9 Å². The van der Waals surface area contributed by atoms with Crippen LogP contribution in [0.3, 0.4) is 0 Å². The molecule has 1 heterocycles. The molecular weight excluding hydrogens is 261 g/mol. The highest BCUT2D eigenvalue weighted by Gasteiger charge is 2.30. The van der Waals surface area contributed by atoms with Crippen molar-refractivity contribution in [3.8, 4) is 0 Å². The molecule has 0 spiro atoms. The third-order valence-corrected chi connectivity index (χ3v) is 3.50. The van der Waals surface area contributed by atoms with E-state index in [2.05, 4.69) is 6.58 Å². The van der Waals surface area contributed by atoms with Crippen molar-refractivity contribution in [2.75, 3.05) is 13.2 Å². The van der Waals surface area contributed by atoms with Crippen molar-refractivity contribution in [2.45, 2.75) is 25.8 Å². The van der Waals surface area contributed by atoms with Crippen molar-refractivity contribution in [3.63, 3.8) is 0 Å². The third kappa shape index (κ3) is 2.76. The van der Waals surface area contributed by atoms with Crippen molar-refractivity contribution in [1.82, 2.24) is 4.90 Å². The summed E-state index contributed by atoms with van der Waals surface area (Å²) in [7, 11) is 0. The number of rotatable bonds is 4. The zero-order valence-electron chi connectivity index (χ0n) is 11.4. The molecule has 1 aliphatic heterocycles. The standard InChI is InChI=1S/C15H18FNO3/c1-3-20-10(2)12-7-6-11(9-13(12)16)14-5-4-8-17(14)15(18)19/h6-7,9,14H,2-5,8H2,1H3,(H,18,19)/t14-/m0/s1. The molecule has 5 heteroatoms. The minimum Gasteiger partial charge on any atom is -0.494 e. The predicted molar refractivity (Wildman–Crippen MR) is 73.8 cm³/mol. The minimum absolute atomic E-state index is 0.267. The molecule has 1 atom stereocenters. The van der Waals surface area contributed by atoms with Gasteiger partial charge in [0.05, 0.1) is 18.2 Å². The number of halogens is 1. The Balaban J connectivity index is 2.25. The van der Waals surface area contributed by atoms with Gasteiger partial charge >= 0.3 is 6.09 Å². The van der Waals surface area contributed by atoms with Crippen LogP contribution in [0, 0.1) is 5.82 Å². The van der Waals surface area contributed by atoms with E-state index in [1.807, 2.05) is 0 Å². The minimum atomic E-state index is -0.962. The van der Waals surface area contributed by atoms with E-state index in [9.17, 15) is 9.18 Å². The lowest BCUT2D eigenvalue weighted by atomic mass is 10.0. The Labute approximate surface area is 117 Å². The molecule has 0 saturated carbocycles. The summed E-state index contributed by atoms with van der Waals surface area (Å²) < 4.78 is 19.3. The van der Waals surface area contributed by atoms with Gasteiger partial charge in [-0.2, -0.15) is 0 Å². The van der Waals surface area contributed by atoms with Gasteiger partial charge in [-0.3, -0.25) is 0 Å². The number of carboxylic acid groups (broad SMARTS) is 1. The maximum absolute atomic E-state index is 14.1. The summed E-state index contributed by atoms with van der Waals surface area (Å²) >= 11 is 0. The topological polar surface area (TPSA) is 49.8 Å². The van der Waals surface area contributed by atoms with Crippen LogP contribution in [0.1, 0.15) is 36.9 Å². The summed E-state index contributed by atoms with van der Waals surface area (Å²) in [6.45, 7) is 6.41. The Morgan fingerprint density at radius 3 is 2.95 bits per heavy atom. The van der Waals surface area contributed by atoms with Crippen LogP contribution >= 0.6 is 0 Å². The molecule has 0 unspecified atom stereocenters. The molecule has 108 valence electrons. The average molecular weight is 279 g/mol. The number of carbonyl (C=O) groups is 1. The smallest absolute Gasteiger partial charge is 0.407 e. The molecule has 2 rings (SSSR count). The van der Waals surface area contributed by atoms with Crippen LogP contribution in [0.25, 0.3) is 5.76 Å². The molecule has 1 saturated heterocycles. The molecule has 4 nitrogen and oxygen atoms in total. The Morgan fingerprint density at radius 1 is 1.60 bits per heavy atom. The van der Waals surface area contributed by atoms with Crippen LogP contribution in [0.15, 0.2) is 24.8 Å². The van der Waals surface area contributed by atoms with E-state index in [1.54, 1.807) is 19.1 Å². The Bertz CT molecular complexity index is 530. The fourth-order valence-electron chi connectivity index (χ4n) is 2.56. The molecule has 1 N–H and O–H groups in total. The fourth-order valence-corrected chi connectivity index (χ4v) is 2.56. The van der Waals surface area contributed by atoms with Crippen LogP contribution in [0.2, 0.25) is 0 Å². The molecular formula is C15H18FNO3. The third-order valence-electron chi connectivity index (χ3n) is 3.50. The normalized spacial score (nSPS) is 18.1. The van der Waals surface area contributed by atoms with Crippen LogP contribution in [0.5, 0.6) is 0 Å². The molecule has 20 heavy (non-hydrogen) atoms. The van der Waals surface area contributed by atoms with Crippen molar-refractivity contribution in [1.29, 1.82) is 0 Å². The van der Waals surface area contributed by atoms with Gasteiger partial charge in [0.1, 0.15) is 11.6 Å². The Hall–Kier alpha value is -2.04. The summed E-state index contributed by atoms with van der Waals surface area (Å²) in [6, 6.07) is 4.46. The highest BCUT2D eigenvalue weighted by atomic mass is 19.1. The number of benzene rings is 1. The van der Waals surface area contributed by atoms with Gasteiger partial charge in [-0.1, -0.05) is 12.6 Å². The first-order valence-electron chi connectivity index (χ1n) is 6.65. The first-order chi connectivity index (χ1) is 9.54. The van der Waals surface area contributed by atoms with Gasteiger partial charge in [-0.05, 0) is 37.5 Å². The Morgan fingerprint density at radius 2 is 2.35 bits per heavy atom. The van der Waals surface area contributed by atoms with E-state index in [-0.39, 0.29) is 11.8 Å². The summed E-state index contributed by atoms with van der Waals surface area (Å²) in [5, 5.41) is 9.13. The predicted octanol–water partition coefficient (Wildman–Crippen LogP) is 3.65. The molecule has 0 aromatic heterocycles. The maximum Gasteiger partial charge on any atom is 0.407 e. The molecule has 1 aromatic rings. The molecule has 1 aliphatic rings. The molecule has 0 bridgehead atoms. The SMILES string of the molecule is C=C(OCC)c1ccc([C@@H]2CCCN2C(=O)O)cc1F. The first-order valence-corrected chi connectivity index (χ1v) is 6.65. The second-order valence-electron chi connectivity index (χ2n) is 4.73. The van der Waals surface area contributed by atoms with Gasteiger partial charge < -0.3 is 14.7 Å². The molecule has 1 amide bonds. The molecule has 0 radical (unpaired) electrons. The summed E-state index contributed by atoms with van der Waals surface area (Å²) in [5.41, 5.74) is 0.992. The zero-order chi connectivity index (χ0) is 14.7. The molecule has 1 aromatic carbocycles. The van der Waals surface area contributed by atoms with Crippen LogP contribution in [-0.4, -0.2) is 29.3 Å². The second-order valence-corrected chi connectivity index (χ2v) is 4.73. The number of hydrogen-bond donors (Lipinski definition) is 1. The van der Waals surface area contributed by atoms with Gasteiger partial charge in [0.15, 0.2) is 0 Å². The lowest BCUT2D eigenvalue weighted by Gasteiger charge is -2.22. The number of hydrogen-bond acceptors (Lipinski definition) is 2. The highest BCUT2D eigenvalue weighted by Crippen LogP contribution is 2.33. The van der Waals surface area contributed by atoms with Gasteiger partial charge in [0.25, 0.3) is 0 Å².